The van der Waals surface area contributed by atoms with Gasteiger partial charge in [-0.05, 0) is 52.4 Å². The summed E-state index contributed by atoms with van der Waals surface area (Å²) in [5, 5.41) is 5.23. The number of hydrogen-bond acceptors (Lipinski definition) is 6. The fourth-order valence-corrected chi connectivity index (χ4v) is 3.49. The number of ether oxygens (including phenoxy) is 2. The Kier molecular flexibility index (Phi) is 6.56. The molecule has 0 aromatic carbocycles. The maximum absolute atomic E-state index is 12.8. The van der Waals surface area contributed by atoms with Gasteiger partial charge in [-0.25, -0.2) is 9.59 Å². The number of methoxy groups -OCH3 is 1. The summed E-state index contributed by atoms with van der Waals surface area (Å²) in [6.07, 6.45) is 1.93. The Hall–Kier alpha value is -2.32. The molecule has 3 unspecified atom stereocenters. The largest absolute Gasteiger partial charge is 0.467 e. The lowest BCUT2D eigenvalue weighted by molar-refractivity contribution is -0.149. The molecule has 2 fully saturated rings. The zero-order valence-corrected chi connectivity index (χ0v) is 17.3. The van der Waals surface area contributed by atoms with E-state index < -0.39 is 29.2 Å². The molecule has 3 amide bonds. The Morgan fingerprint density at radius 1 is 1.18 bits per heavy atom. The minimum Gasteiger partial charge on any atom is -0.467 e. The van der Waals surface area contributed by atoms with Crippen molar-refractivity contribution in [1.82, 2.24) is 15.5 Å². The molecule has 28 heavy (non-hydrogen) atoms. The fourth-order valence-electron chi connectivity index (χ4n) is 3.49. The third kappa shape index (κ3) is 5.14. The number of likely N-dealkylation sites (tertiary alicyclic amines) is 1. The molecule has 9 nitrogen and oxygen atoms in total. The highest BCUT2D eigenvalue weighted by Crippen LogP contribution is 2.44. The van der Waals surface area contributed by atoms with Crippen molar-refractivity contribution in [2.24, 2.45) is 5.92 Å². The molecule has 1 aliphatic carbocycles. The number of piperidine rings is 1. The maximum Gasteiger partial charge on any atom is 0.408 e. The molecule has 2 aliphatic rings. The molecule has 3 atom stereocenters. The van der Waals surface area contributed by atoms with Gasteiger partial charge in [-0.3, -0.25) is 9.59 Å². The standard InChI is InChI=1S/C19H31N3O6/c1-12-10-19(12,16(25)27-5)21-15(24)13-8-6-7-9-22(13)14(23)11-20-17(26)28-18(2,3)4/h12-13H,6-11H2,1-5H3,(H,20,26)(H,21,24). The summed E-state index contributed by atoms with van der Waals surface area (Å²) in [5.74, 6) is -1.19. The second-order valence-electron chi connectivity index (χ2n) is 8.51. The van der Waals surface area contributed by atoms with Crippen molar-refractivity contribution in [2.75, 3.05) is 20.2 Å². The van der Waals surface area contributed by atoms with Crippen LogP contribution in [0, 0.1) is 5.92 Å². The van der Waals surface area contributed by atoms with Crippen molar-refractivity contribution >= 4 is 23.9 Å². The monoisotopic (exact) mass is 397 g/mol. The number of esters is 1. The van der Waals surface area contributed by atoms with E-state index in [1.807, 2.05) is 6.92 Å². The van der Waals surface area contributed by atoms with Crippen LogP contribution in [0.1, 0.15) is 53.4 Å². The molecule has 1 aliphatic heterocycles. The summed E-state index contributed by atoms with van der Waals surface area (Å²) in [6, 6.07) is -0.670. The van der Waals surface area contributed by atoms with Crippen LogP contribution in [0.2, 0.25) is 0 Å². The summed E-state index contributed by atoms with van der Waals surface area (Å²) in [5.41, 5.74) is -1.66. The van der Waals surface area contributed by atoms with Crippen LogP contribution in [-0.4, -0.2) is 66.2 Å². The molecule has 1 saturated heterocycles. The molecule has 0 spiro atoms. The summed E-state index contributed by atoms with van der Waals surface area (Å²) in [6.45, 7) is 7.23. The molecule has 1 heterocycles. The van der Waals surface area contributed by atoms with Crippen LogP contribution in [0.15, 0.2) is 0 Å². The van der Waals surface area contributed by atoms with Gasteiger partial charge in [-0.15, -0.1) is 0 Å². The van der Waals surface area contributed by atoms with E-state index in [-0.39, 0.29) is 24.3 Å². The second-order valence-corrected chi connectivity index (χ2v) is 8.51. The Labute approximate surface area is 165 Å². The molecular formula is C19H31N3O6. The Balaban J connectivity index is 1.97. The van der Waals surface area contributed by atoms with Crippen molar-refractivity contribution < 1.29 is 28.7 Å². The van der Waals surface area contributed by atoms with E-state index in [2.05, 4.69) is 10.6 Å². The molecule has 2 N–H and O–H groups in total. The molecule has 0 aromatic heterocycles. The predicted molar refractivity (Wildman–Crippen MR) is 100 cm³/mol. The van der Waals surface area contributed by atoms with Crippen LogP contribution < -0.4 is 10.6 Å². The highest BCUT2D eigenvalue weighted by Gasteiger charge is 2.60. The lowest BCUT2D eigenvalue weighted by Gasteiger charge is -2.35. The van der Waals surface area contributed by atoms with Crippen molar-refractivity contribution in [3.8, 4) is 0 Å². The van der Waals surface area contributed by atoms with Crippen LogP contribution in [-0.2, 0) is 23.9 Å². The van der Waals surface area contributed by atoms with Crippen molar-refractivity contribution in [3.05, 3.63) is 0 Å². The topological polar surface area (TPSA) is 114 Å². The quantitative estimate of drug-likeness (QED) is 0.668. The van der Waals surface area contributed by atoms with E-state index in [9.17, 15) is 19.2 Å². The van der Waals surface area contributed by atoms with E-state index in [4.69, 9.17) is 9.47 Å². The maximum atomic E-state index is 12.8. The first-order valence-corrected chi connectivity index (χ1v) is 9.67. The molecule has 0 bridgehead atoms. The highest BCUT2D eigenvalue weighted by atomic mass is 16.6. The number of carbonyl (C=O) groups excluding carboxylic acids is 4. The smallest absolute Gasteiger partial charge is 0.408 e. The Morgan fingerprint density at radius 3 is 2.36 bits per heavy atom. The van der Waals surface area contributed by atoms with Gasteiger partial charge in [0.1, 0.15) is 23.7 Å². The van der Waals surface area contributed by atoms with Gasteiger partial charge in [0.05, 0.1) is 7.11 Å². The van der Waals surface area contributed by atoms with Gasteiger partial charge >= 0.3 is 12.1 Å². The lowest BCUT2D eigenvalue weighted by atomic mass is 10.0. The van der Waals surface area contributed by atoms with Crippen LogP contribution in [0.25, 0.3) is 0 Å². The average molecular weight is 397 g/mol. The molecule has 9 heteroatoms. The number of amides is 3. The second kappa shape index (κ2) is 8.36. The van der Waals surface area contributed by atoms with Crippen LogP contribution >= 0.6 is 0 Å². The number of hydrogen-bond donors (Lipinski definition) is 2. The van der Waals surface area contributed by atoms with Crippen LogP contribution in [0.5, 0.6) is 0 Å². The van der Waals surface area contributed by atoms with Crippen molar-refractivity contribution in [1.29, 1.82) is 0 Å². The van der Waals surface area contributed by atoms with E-state index in [1.54, 1.807) is 20.8 Å². The molecule has 2 rings (SSSR count). The predicted octanol–water partition coefficient (Wildman–Crippen LogP) is 0.960. The van der Waals surface area contributed by atoms with Gasteiger partial charge in [0.2, 0.25) is 11.8 Å². The minimum absolute atomic E-state index is 0.00882. The first-order chi connectivity index (χ1) is 13.0. The number of carbonyl (C=O) groups is 4. The van der Waals surface area contributed by atoms with E-state index in [1.165, 1.54) is 12.0 Å². The number of nitrogens with zero attached hydrogens (tertiary/aromatic N) is 1. The fraction of sp³-hybridized carbons (Fsp3) is 0.789. The van der Waals surface area contributed by atoms with Gasteiger partial charge in [0.25, 0.3) is 0 Å². The summed E-state index contributed by atoms with van der Waals surface area (Å²) in [4.78, 5) is 50.7. The summed E-state index contributed by atoms with van der Waals surface area (Å²) in [7, 11) is 1.29. The van der Waals surface area contributed by atoms with Gasteiger partial charge in [-0.1, -0.05) is 6.92 Å². The summed E-state index contributed by atoms with van der Waals surface area (Å²) >= 11 is 0. The van der Waals surface area contributed by atoms with E-state index in [0.29, 0.717) is 19.4 Å². The third-order valence-electron chi connectivity index (χ3n) is 5.11. The molecule has 0 aromatic rings. The first-order valence-electron chi connectivity index (χ1n) is 9.67. The number of nitrogens with one attached hydrogen (secondary N) is 2. The summed E-state index contributed by atoms with van der Waals surface area (Å²) < 4.78 is 9.94. The van der Waals surface area contributed by atoms with E-state index in [0.717, 1.165) is 12.8 Å². The molecule has 0 radical (unpaired) electrons. The zero-order chi connectivity index (χ0) is 21.1. The zero-order valence-electron chi connectivity index (χ0n) is 17.3. The highest BCUT2D eigenvalue weighted by molar-refractivity contribution is 5.95. The normalized spacial score (nSPS) is 26.8. The van der Waals surface area contributed by atoms with Gasteiger partial charge in [0.15, 0.2) is 0 Å². The number of alkyl carbamates (subject to hydrolysis) is 1. The molecule has 1 saturated carbocycles. The minimum atomic E-state index is -0.993. The van der Waals surface area contributed by atoms with E-state index >= 15 is 0 Å². The Morgan fingerprint density at radius 2 is 1.82 bits per heavy atom. The Bertz CT molecular complexity index is 644. The molecule has 158 valence electrons. The average Bonchev–Trinajstić information content (AvgIpc) is 3.27. The van der Waals surface area contributed by atoms with Crippen molar-refractivity contribution in [2.45, 2.75) is 70.6 Å². The first kappa shape index (κ1) is 22.0. The molecular weight excluding hydrogens is 366 g/mol. The van der Waals surface area contributed by atoms with Gasteiger partial charge in [0, 0.05) is 6.54 Å². The van der Waals surface area contributed by atoms with Crippen LogP contribution in [0.3, 0.4) is 0 Å². The SMILES string of the molecule is COC(=O)C1(NC(=O)C2CCCCN2C(=O)CNC(=O)OC(C)(C)C)CC1C. The number of rotatable bonds is 5. The van der Waals surface area contributed by atoms with Crippen LogP contribution in [0.4, 0.5) is 4.79 Å². The van der Waals surface area contributed by atoms with Gasteiger partial charge < -0.3 is 25.0 Å². The lowest BCUT2D eigenvalue weighted by Crippen LogP contribution is -2.57. The third-order valence-corrected chi connectivity index (χ3v) is 5.11. The van der Waals surface area contributed by atoms with Gasteiger partial charge in [-0.2, -0.15) is 0 Å². The van der Waals surface area contributed by atoms with Crippen molar-refractivity contribution in [3.63, 3.8) is 0 Å².